The molecular formula is C28H30O2S. The average Bonchev–Trinajstić information content (AvgIpc) is 2.84. The van der Waals surface area contributed by atoms with E-state index in [0.717, 1.165) is 0 Å². The maximum absolute atomic E-state index is 12.7. The molecule has 0 aromatic heterocycles. The minimum atomic E-state index is -0.419. The molecule has 0 fully saturated rings. The molecule has 3 rings (SSSR count). The first-order chi connectivity index (χ1) is 15.1. The highest BCUT2D eigenvalue weighted by Gasteiger charge is 2.37. The quantitative estimate of drug-likeness (QED) is 0.318. The fourth-order valence-electron chi connectivity index (χ4n) is 3.80. The first-order valence-electron chi connectivity index (χ1n) is 10.9. The molecule has 0 spiro atoms. The number of carbonyl (C=O) groups excluding carboxylic acids is 2. The second kappa shape index (κ2) is 11.1. The standard InChI is InChI=1S/C28H30O2S/c1-3-26(29)19-20-27(30)22(2)21-31-28(23-13-7-4-8-14-23,24-15-9-5-10-16-24)25-17-11-6-12-18-25/h4-18,22H,3,19-21H2,1-2H3/t22-/m0/s1. The topological polar surface area (TPSA) is 34.1 Å². The third-order valence-electron chi connectivity index (χ3n) is 5.69. The van der Waals surface area contributed by atoms with Crippen molar-refractivity contribution in [3.8, 4) is 0 Å². The van der Waals surface area contributed by atoms with Crippen molar-refractivity contribution in [1.29, 1.82) is 0 Å². The molecule has 3 aromatic carbocycles. The highest BCUT2D eigenvalue weighted by Crippen LogP contribution is 2.49. The number of benzene rings is 3. The fourth-order valence-corrected chi connectivity index (χ4v) is 5.39. The van der Waals surface area contributed by atoms with Crippen LogP contribution in [0.2, 0.25) is 0 Å². The van der Waals surface area contributed by atoms with Crippen molar-refractivity contribution in [1.82, 2.24) is 0 Å². The van der Waals surface area contributed by atoms with Gasteiger partial charge in [-0.1, -0.05) is 105 Å². The van der Waals surface area contributed by atoms with E-state index in [-0.39, 0.29) is 17.5 Å². The molecular weight excluding hydrogens is 400 g/mol. The van der Waals surface area contributed by atoms with E-state index in [9.17, 15) is 9.59 Å². The number of hydrogen-bond donors (Lipinski definition) is 0. The number of hydrogen-bond acceptors (Lipinski definition) is 3. The van der Waals surface area contributed by atoms with Crippen molar-refractivity contribution in [3.63, 3.8) is 0 Å². The third-order valence-corrected chi connectivity index (χ3v) is 7.49. The number of thioether (sulfide) groups is 1. The van der Waals surface area contributed by atoms with Crippen LogP contribution in [0.3, 0.4) is 0 Å². The molecule has 1 atom stereocenters. The van der Waals surface area contributed by atoms with Crippen molar-refractivity contribution in [2.45, 2.75) is 37.9 Å². The van der Waals surface area contributed by atoms with Crippen LogP contribution in [0.5, 0.6) is 0 Å². The maximum Gasteiger partial charge on any atom is 0.136 e. The number of carbonyl (C=O) groups is 2. The summed E-state index contributed by atoms with van der Waals surface area (Å²) in [6, 6.07) is 31.5. The van der Waals surface area contributed by atoms with Crippen LogP contribution in [-0.2, 0) is 14.3 Å². The Morgan fingerprint density at radius 2 is 1.16 bits per heavy atom. The van der Waals surface area contributed by atoms with Crippen molar-refractivity contribution < 1.29 is 9.59 Å². The first-order valence-corrected chi connectivity index (χ1v) is 11.9. The number of ketones is 2. The van der Waals surface area contributed by atoms with Gasteiger partial charge in [0.2, 0.25) is 0 Å². The molecule has 0 aliphatic heterocycles. The monoisotopic (exact) mass is 430 g/mol. The first kappa shape index (κ1) is 23.0. The Labute approximate surface area is 190 Å². The molecule has 0 bridgehead atoms. The van der Waals surface area contributed by atoms with Crippen LogP contribution in [0.15, 0.2) is 91.0 Å². The molecule has 0 heterocycles. The summed E-state index contributed by atoms with van der Waals surface area (Å²) in [5.74, 6) is 0.876. The highest BCUT2D eigenvalue weighted by atomic mass is 32.2. The van der Waals surface area contributed by atoms with Gasteiger partial charge in [0.15, 0.2) is 0 Å². The molecule has 0 aliphatic carbocycles. The van der Waals surface area contributed by atoms with Gasteiger partial charge in [0.1, 0.15) is 11.6 Å². The van der Waals surface area contributed by atoms with Gasteiger partial charge in [-0.25, -0.2) is 0 Å². The summed E-state index contributed by atoms with van der Waals surface area (Å²) >= 11 is 1.80. The highest BCUT2D eigenvalue weighted by molar-refractivity contribution is 8.00. The average molecular weight is 431 g/mol. The van der Waals surface area contributed by atoms with E-state index in [0.29, 0.717) is 25.0 Å². The summed E-state index contributed by atoms with van der Waals surface area (Å²) < 4.78 is -0.419. The second-order valence-corrected chi connectivity index (χ2v) is 9.08. The summed E-state index contributed by atoms with van der Waals surface area (Å²) in [5, 5.41) is 0. The van der Waals surface area contributed by atoms with Crippen LogP contribution >= 0.6 is 11.8 Å². The van der Waals surface area contributed by atoms with Crippen molar-refractivity contribution in [2.24, 2.45) is 5.92 Å². The normalized spacial score (nSPS) is 12.3. The Kier molecular flexibility index (Phi) is 8.25. The van der Waals surface area contributed by atoms with Crippen LogP contribution < -0.4 is 0 Å². The van der Waals surface area contributed by atoms with Gasteiger partial charge in [0.25, 0.3) is 0 Å². The molecule has 31 heavy (non-hydrogen) atoms. The summed E-state index contributed by atoms with van der Waals surface area (Å²) in [7, 11) is 0. The Hall–Kier alpha value is -2.65. The lowest BCUT2D eigenvalue weighted by Gasteiger charge is -2.36. The van der Waals surface area contributed by atoms with Gasteiger partial charge in [-0.2, -0.15) is 0 Å². The number of Topliss-reactive ketones (excluding diaryl/α,β-unsaturated/α-hetero) is 2. The summed E-state index contributed by atoms with van der Waals surface area (Å²) in [4.78, 5) is 24.4. The molecule has 160 valence electrons. The lowest BCUT2D eigenvalue weighted by molar-refractivity contribution is -0.125. The van der Waals surface area contributed by atoms with E-state index in [1.165, 1.54) is 16.7 Å². The van der Waals surface area contributed by atoms with Gasteiger partial charge >= 0.3 is 0 Å². The van der Waals surface area contributed by atoms with E-state index < -0.39 is 4.75 Å². The van der Waals surface area contributed by atoms with Crippen molar-refractivity contribution in [2.75, 3.05) is 5.75 Å². The van der Waals surface area contributed by atoms with Crippen LogP contribution in [0, 0.1) is 5.92 Å². The van der Waals surface area contributed by atoms with Gasteiger partial charge in [-0.15, -0.1) is 11.8 Å². The van der Waals surface area contributed by atoms with E-state index >= 15 is 0 Å². The summed E-state index contributed by atoms with van der Waals surface area (Å²) in [5.41, 5.74) is 3.58. The van der Waals surface area contributed by atoms with Gasteiger partial charge in [0, 0.05) is 30.9 Å². The Bertz CT molecular complexity index is 871. The lowest BCUT2D eigenvalue weighted by Crippen LogP contribution is -2.28. The molecule has 0 aliphatic rings. The molecule has 0 unspecified atom stereocenters. The zero-order chi connectivity index (χ0) is 22.1. The van der Waals surface area contributed by atoms with Crippen LogP contribution in [-0.4, -0.2) is 17.3 Å². The third kappa shape index (κ3) is 5.54. The molecule has 0 saturated heterocycles. The Balaban J connectivity index is 1.97. The fraction of sp³-hybridized carbons (Fsp3) is 0.286. The van der Waals surface area contributed by atoms with Gasteiger partial charge in [-0.3, -0.25) is 9.59 Å². The largest absolute Gasteiger partial charge is 0.300 e. The molecule has 0 saturated carbocycles. The van der Waals surface area contributed by atoms with Crippen LogP contribution in [0.1, 0.15) is 49.8 Å². The zero-order valence-corrected chi connectivity index (χ0v) is 19.1. The number of rotatable bonds is 11. The maximum atomic E-state index is 12.7. The second-order valence-electron chi connectivity index (χ2n) is 7.85. The zero-order valence-electron chi connectivity index (χ0n) is 18.3. The summed E-state index contributed by atoms with van der Waals surface area (Å²) in [6.07, 6.45) is 1.19. The predicted molar refractivity (Wildman–Crippen MR) is 130 cm³/mol. The van der Waals surface area contributed by atoms with E-state index in [4.69, 9.17) is 0 Å². The Morgan fingerprint density at radius 1 is 0.742 bits per heavy atom. The van der Waals surface area contributed by atoms with Crippen LogP contribution in [0.4, 0.5) is 0 Å². The predicted octanol–water partition coefficient (Wildman–Crippen LogP) is 6.68. The molecule has 0 radical (unpaired) electrons. The summed E-state index contributed by atoms with van der Waals surface area (Å²) in [6.45, 7) is 3.83. The SMILES string of the molecule is CCC(=O)CCC(=O)[C@@H](C)CSC(c1ccccc1)(c1ccccc1)c1ccccc1. The molecule has 3 heteroatoms. The van der Waals surface area contributed by atoms with E-state index in [1.54, 1.807) is 11.8 Å². The van der Waals surface area contributed by atoms with Crippen molar-refractivity contribution in [3.05, 3.63) is 108 Å². The van der Waals surface area contributed by atoms with Crippen molar-refractivity contribution >= 4 is 23.3 Å². The minimum absolute atomic E-state index is 0.120. The molecule has 0 N–H and O–H groups in total. The smallest absolute Gasteiger partial charge is 0.136 e. The van der Waals surface area contributed by atoms with Crippen LogP contribution in [0.25, 0.3) is 0 Å². The van der Waals surface area contributed by atoms with Gasteiger partial charge in [0.05, 0.1) is 4.75 Å². The lowest BCUT2D eigenvalue weighted by atomic mass is 9.84. The molecule has 3 aromatic rings. The van der Waals surface area contributed by atoms with Gasteiger partial charge < -0.3 is 0 Å². The van der Waals surface area contributed by atoms with E-state index in [2.05, 4.69) is 72.8 Å². The minimum Gasteiger partial charge on any atom is -0.300 e. The van der Waals surface area contributed by atoms with Gasteiger partial charge in [-0.05, 0) is 16.7 Å². The molecule has 2 nitrogen and oxygen atoms in total. The Morgan fingerprint density at radius 3 is 1.55 bits per heavy atom. The molecule has 0 amide bonds. The van der Waals surface area contributed by atoms with E-state index in [1.807, 2.05) is 32.0 Å².